The molecule has 2 aromatic rings. The molecule has 0 amide bonds. The molecule has 0 aliphatic rings. The third-order valence-electron chi connectivity index (χ3n) is 4.14. The summed E-state index contributed by atoms with van der Waals surface area (Å²) < 4.78 is 0. The first-order chi connectivity index (χ1) is 9.17. The average molecular weight is 252 g/mol. The van der Waals surface area contributed by atoms with Crippen LogP contribution in [-0.4, -0.2) is 0 Å². The molecule has 0 N–H and O–H groups in total. The highest BCUT2D eigenvalue weighted by Crippen LogP contribution is 2.26. The topological polar surface area (TPSA) is 0 Å². The molecular weight excluding hydrogens is 228 g/mol. The number of benzene rings is 2. The van der Waals surface area contributed by atoms with E-state index in [9.17, 15) is 0 Å². The standard InChI is InChI=1S/C19H24/c1-5-17-12-14(3)15(4)19(18(17)6-2)13-16-10-8-7-9-11-16/h7-12H,5-6,13H2,1-4H3. The lowest BCUT2D eigenvalue weighted by Gasteiger charge is -2.18. The summed E-state index contributed by atoms with van der Waals surface area (Å²) in [7, 11) is 0. The Morgan fingerprint density at radius 3 is 2.11 bits per heavy atom. The van der Waals surface area contributed by atoms with Gasteiger partial charge in [-0.1, -0.05) is 50.2 Å². The SMILES string of the molecule is CCc1cc(C)c(C)c(Cc2ccccc2)c1CC. The number of hydrogen-bond acceptors (Lipinski definition) is 0. The van der Waals surface area contributed by atoms with Crippen LogP contribution in [-0.2, 0) is 19.3 Å². The number of aryl methyl sites for hydroxylation is 2. The van der Waals surface area contributed by atoms with Gasteiger partial charge in [-0.15, -0.1) is 0 Å². The molecule has 0 aliphatic carbocycles. The Kier molecular flexibility index (Phi) is 4.42. The third kappa shape index (κ3) is 2.89. The molecule has 2 rings (SSSR count). The largest absolute Gasteiger partial charge is 0.0622 e. The maximum absolute atomic E-state index is 2.38. The van der Waals surface area contributed by atoms with E-state index in [1.807, 2.05) is 0 Å². The lowest BCUT2D eigenvalue weighted by atomic mass is 9.87. The van der Waals surface area contributed by atoms with Crippen LogP contribution in [0, 0.1) is 13.8 Å². The lowest BCUT2D eigenvalue weighted by molar-refractivity contribution is 0.973. The van der Waals surface area contributed by atoms with Gasteiger partial charge < -0.3 is 0 Å². The van der Waals surface area contributed by atoms with Gasteiger partial charge in [0.05, 0.1) is 0 Å². The second kappa shape index (κ2) is 6.06. The molecule has 0 unspecified atom stereocenters. The smallest absolute Gasteiger partial charge is 0.00202 e. The molecular formula is C19H24. The van der Waals surface area contributed by atoms with Gasteiger partial charge in [-0.3, -0.25) is 0 Å². The van der Waals surface area contributed by atoms with E-state index in [0.29, 0.717) is 0 Å². The molecule has 0 aromatic heterocycles. The van der Waals surface area contributed by atoms with Crippen molar-refractivity contribution in [2.45, 2.75) is 47.0 Å². The molecule has 100 valence electrons. The van der Waals surface area contributed by atoms with Crippen LogP contribution in [0.3, 0.4) is 0 Å². The first-order valence-corrected chi connectivity index (χ1v) is 7.32. The van der Waals surface area contributed by atoms with Gasteiger partial charge in [0.25, 0.3) is 0 Å². The van der Waals surface area contributed by atoms with Crippen molar-refractivity contribution in [1.29, 1.82) is 0 Å². The summed E-state index contributed by atoms with van der Waals surface area (Å²) in [5, 5.41) is 0. The van der Waals surface area contributed by atoms with Crippen LogP contribution in [0.1, 0.15) is 47.2 Å². The van der Waals surface area contributed by atoms with Crippen LogP contribution >= 0.6 is 0 Å². The normalized spacial score (nSPS) is 10.7. The minimum absolute atomic E-state index is 1.06. The van der Waals surface area contributed by atoms with Gasteiger partial charge in [0.1, 0.15) is 0 Å². The Hall–Kier alpha value is -1.56. The molecule has 0 radical (unpaired) electrons. The Bertz CT molecular complexity index is 550. The van der Waals surface area contributed by atoms with Gasteiger partial charge in [-0.2, -0.15) is 0 Å². The van der Waals surface area contributed by atoms with Crippen LogP contribution in [0.15, 0.2) is 36.4 Å². The van der Waals surface area contributed by atoms with Crippen molar-refractivity contribution in [3.63, 3.8) is 0 Å². The molecule has 2 aromatic carbocycles. The zero-order chi connectivity index (χ0) is 13.8. The van der Waals surface area contributed by atoms with Crippen molar-refractivity contribution < 1.29 is 0 Å². The predicted molar refractivity (Wildman–Crippen MR) is 83.9 cm³/mol. The minimum Gasteiger partial charge on any atom is -0.0622 e. The zero-order valence-corrected chi connectivity index (χ0v) is 12.6. The summed E-state index contributed by atoms with van der Waals surface area (Å²) in [5.74, 6) is 0. The maximum atomic E-state index is 2.38. The van der Waals surface area contributed by atoms with Gasteiger partial charge in [0.15, 0.2) is 0 Å². The fourth-order valence-corrected chi connectivity index (χ4v) is 2.91. The van der Waals surface area contributed by atoms with Crippen LogP contribution < -0.4 is 0 Å². The molecule has 0 saturated carbocycles. The molecule has 0 nitrogen and oxygen atoms in total. The van der Waals surface area contributed by atoms with Crippen molar-refractivity contribution in [1.82, 2.24) is 0 Å². The number of hydrogen-bond donors (Lipinski definition) is 0. The highest BCUT2D eigenvalue weighted by molar-refractivity contribution is 5.47. The van der Waals surface area contributed by atoms with Crippen molar-refractivity contribution in [2.75, 3.05) is 0 Å². The first kappa shape index (κ1) is 13.9. The monoisotopic (exact) mass is 252 g/mol. The van der Waals surface area contributed by atoms with E-state index >= 15 is 0 Å². The zero-order valence-electron chi connectivity index (χ0n) is 12.6. The van der Waals surface area contributed by atoms with E-state index in [2.05, 4.69) is 64.1 Å². The van der Waals surface area contributed by atoms with Crippen molar-refractivity contribution >= 4 is 0 Å². The Labute approximate surface area is 117 Å². The molecule has 0 spiro atoms. The highest BCUT2D eigenvalue weighted by atomic mass is 14.2. The molecule has 0 atom stereocenters. The predicted octanol–water partition coefficient (Wildman–Crippen LogP) is 5.02. The molecule has 0 saturated heterocycles. The van der Waals surface area contributed by atoms with Gasteiger partial charge >= 0.3 is 0 Å². The summed E-state index contributed by atoms with van der Waals surface area (Å²) in [6.07, 6.45) is 3.32. The first-order valence-electron chi connectivity index (χ1n) is 7.32. The number of rotatable bonds is 4. The van der Waals surface area contributed by atoms with Crippen LogP contribution in [0.4, 0.5) is 0 Å². The van der Waals surface area contributed by atoms with Crippen molar-refractivity contribution in [3.8, 4) is 0 Å². The summed E-state index contributed by atoms with van der Waals surface area (Å²) in [6.45, 7) is 9.04. The summed E-state index contributed by atoms with van der Waals surface area (Å²) in [5.41, 5.74) is 8.95. The van der Waals surface area contributed by atoms with Crippen LogP contribution in [0.5, 0.6) is 0 Å². The fraction of sp³-hybridized carbons (Fsp3) is 0.368. The fourth-order valence-electron chi connectivity index (χ4n) is 2.91. The molecule has 0 fully saturated rings. The average Bonchev–Trinajstić information content (AvgIpc) is 2.44. The molecule has 0 bridgehead atoms. The second-order valence-corrected chi connectivity index (χ2v) is 5.30. The van der Waals surface area contributed by atoms with Crippen molar-refractivity contribution in [2.24, 2.45) is 0 Å². The molecule has 19 heavy (non-hydrogen) atoms. The van der Waals surface area contributed by atoms with Gasteiger partial charge in [-0.25, -0.2) is 0 Å². The quantitative estimate of drug-likeness (QED) is 0.717. The van der Waals surface area contributed by atoms with E-state index in [-0.39, 0.29) is 0 Å². The Morgan fingerprint density at radius 2 is 1.53 bits per heavy atom. The summed E-state index contributed by atoms with van der Waals surface area (Å²) >= 11 is 0. The highest BCUT2D eigenvalue weighted by Gasteiger charge is 2.12. The van der Waals surface area contributed by atoms with Crippen molar-refractivity contribution in [3.05, 3.63) is 69.8 Å². The molecule has 0 heterocycles. The second-order valence-electron chi connectivity index (χ2n) is 5.30. The maximum Gasteiger partial charge on any atom is -0.00202 e. The summed E-state index contributed by atoms with van der Waals surface area (Å²) in [6, 6.07) is 13.2. The van der Waals surface area contributed by atoms with E-state index in [1.54, 1.807) is 11.1 Å². The third-order valence-corrected chi connectivity index (χ3v) is 4.14. The Morgan fingerprint density at radius 1 is 0.842 bits per heavy atom. The lowest BCUT2D eigenvalue weighted by Crippen LogP contribution is -2.04. The van der Waals surface area contributed by atoms with Gasteiger partial charge in [-0.05, 0) is 66.5 Å². The van der Waals surface area contributed by atoms with Gasteiger partial charge in [0.2, 0.25) is 0 Å². The molecule has 0 aliphatic heterocycles. The summed E-state index contributed by atoms with van der Waals surface area (Å²) in [4.78, 5) is 0. The van der Waals surface area contributed by atoms with E-state index in [4.69, 9.17) is 0 Å². The van der Waals surface area contributed by atoms with E-state index in [1.165, 1.54) is 22.3 Å². The van der Waals surface area contributed by atoms with E-state index in [0.717, 1.165) is 19.3 Å². The van der Waals surface area contributed by atoms with Gasteiger partial charge in [0, 0.05) is 0 Å². The van der Waals surface area contributed by atoms with Crippen LogP contribution in [0.2, 0.25) is 0 Å². The van der Waals surface area contributed by atoms with Crippen LogP contribution in [0.25, 0.3) is 0 Å². The minimum atomic E-state index is 1.06. The molecule has 0 heteroatoms. The Balaban J connectivity index is 2.51. The van der Waals surface area contributed by atoms with E-state index < -0.39 is 0 Å².